The van der Waals surface area contributed by atoms with Gasteiger partial charge in [-0.3, -0.25) is 4.79 Å². The maximum absolute atomic E-state index is 12.5. The van der Waals surface area contributed by atoms with E-state index in [4.69, 9.17) is 16.3 Å². The molecule has 1 aliphatic carbocycles. The van der Waals surface area contributed by atoms with Crippen LogP contribution in [0.4, 0.5) is 13.2 Å². The Balaban J connectivity index is 2.18. The zero-order valence-corrected chi connectivity index (χ0v) is 13.0. The van der Waals surface area contributed by atoms with Crippen LogP contribution in [0, 0.1) is 11.8 Å². The second-order valence-corrected chi connectivity index (χ2v) is 5.32. The first-order valence-corrected chi connectivity index (χ1v) is 6.99. The number of halogens is 4. The first kappa shape index (κ1) is 17.3. The van der Waals surface area contributed by atoms with Gasteiger partial charge in [-0.05, 0) is 30.2 Å². The van der Waals surface area contributed by atoms with E-state index in [0.29, 0.717) is 0 Å². The number of allylic oxidation sites excluding steroid dienone is 3. The fraction of sp³-hybridized carbons (Fsp3) is 0.333. The van der Waals surface area contributed by atoms with Gasteiger partial charge in [0.1, 0.15) is 16.5 Å². The van der Waals surface area contributed by atoms with E-state index in [1.807, 2.05) is 0 Å². The van der Waals surface area contributed by atoms with Gasteiger partial charge in [-0.15, -0.1) is 13.2 Å². The van der Waals surface area contributed by atoms with Gasteiger partial charge in [0.2, 0.25) is 5.88 Å². The number of Topliss-reactive ketones (excluding diaryl/α,β-unsaturated/α-hetero) is 1. The fourth-order valence-corrected chi connectivity index (χ4v) is 2.38. The number of alkyl halides is 3. The SMILES string of the molecule is COc1nc(C(=O)C2C=CC(OC(F)(F)F)=CC2C)ccc1Cl. The van der Waals surface area contributed by atoms with Gasteiger partial charge in [-0.25, -0.2) is 4.98 Å². The highest BCUT2D eigenvalue weighted by molar-refractivity contribution is 6.31. The van der Waals surface area contributed by atoms with E-state index in [1.54, 1.807) is 6.92 Å². The van der Waals surface area contributed by atoms with Gasteiger partial charge in [0.25, 0.3) is 0 Å². The number of hydrogen-bond donors (Lipinski definition) is 0. The Hall–Kier alpha value is -2.02. The van der Waals surface area contributed by atoms with Crippen molar-refractivity contribution in [3.8, 4) is 5.88 Å². The Morgan fingerprint density at radius 3 is 2.61 bits per heavy atom. The summed E-state index contributed by atoms with van der Waals surface area (Å²) in [5.41, 5.74) is 0.126. The third-order valence-corrected chi connectivity index (χ3v) is 3.55. The molecule has 1 aromatic rings. The van der Waals surface area contributed by atoms with Crippen LogP contribution in [0.25, 0.3) is 0 Å². The van der Waals surface area contributed by atoms with Crippen molar-refractivity contribution in [2.24, 2.45) is 11.8 Å². The molecule has 0 aliphatic heterocycles. The summed E-state index contributed by atoms with van der Waals surface area (Å²) in [6.07, 6.45) is -1.01. The van der Waals surface area contributed by atoms with Crippen LogP contribution in [0.2, 0.25) is 5.02 Å². The van der Waals surface area contributed by atoms with Crippen molar-refractivity contribution >= 4 is 17.4 Å². The lowest BCUT2D eigenvalue weighted by molar-refractivity contribution is -0.303. The summed E-state index contributed by atoms with van der Waals surface area (Å²) in [4.78, 5) is 16.5. The van der Waals surface area contributed by atoms with Gasteiger partial charge in [-0.1, -0.05) is 24.6 Å². The van der Waals surface area contributed by atoms with Crippen LogP contribution in [0.1, 0.15) is 17.4 Å². The lowest BCUT2D eigenvalue weighted by Gasteiger charge is -2.22. The van der Waals surface area contributed by atoms with Gasteiger partial charge < -0.3 is 9.47 Å². The van der Waals surface area contributed by atoms with Crippen molar-refractivity contribution in [2.45, 2.75) is 13.3 Å². The maximum atomic E-state index is 12.5. The quantitative estimate of drug-likeness (QED) is 0.767. The van der Waals surface area contributed by atoms with Crippen molar-refractivity contribution in [1.82, 2.24) is 4.98 Å². The maximum Gasteiger partial charge on any atom is 0.573 e. The molecule has 2 unspecified atom stereocenters. The molecule has 0 radical (unpaired) electrons. The molecule has 124 valence electrons. The molecule has 0 N–H and O–H groups in total. The molecule has 8 heteroatoms. The summed E-state index contributed by atoms with van der Waals surface area (Å²) in [7, 11) is 1.37. The number of carbonyl (C=O) groups excluding carboxylic acids is 1. The standard InChI is InChI=1S/C15H13ClF3NO3/c1-8-7-9(23-15(17,18)19)3-4-10(8)13(21)12-6-5-11(16)14(20-12)22-2/h3-8,10H,1-2H3. The first-order valence-electron chi connectivity index (χ1n) is 6.62. The average Bonchev–Trinajstić information content (AvgIpc) is 2.45. The third-order valence-electron chi connectivity index (χ3n) is 3.26. The molecule has 0 bridgehead atoms. The average molecular weight is 348 g/mol. The third kappa shape index (κ3) is 4.25. The Kier molecular flexibility index (Phi) is 4.99. The summed E-state index contributed by atoms with van der Waals surface area (Å²) in [6.45, 7) is 1.62. The summed E-state index contributed by atoms with van der Waals surface area (Å²) >= 11 is 5.85. The second-order valence-electron chi connectivity index (χ2n) is 4.91. The molecule has 0 amide bonds. The zero-order valence-electron chi connectivity index (χ0n) is 12.2. The highest BCUT2D eigenvalue weighted by Gasteiger charge is 2.34. The smallest absolute Gasteiger partial charge is 0.480 e. The fourth-order valence-electron chi connectivity index (χ4n) is 2.19. The minimum Gasteiger partial charge on any atom is -0.480 e. The molecule has 2 atom stereocenters. The van der Waals surface area contributed by atoms with E-state index in [9.17, 15) is 18.0 Å². The molecular weight excluding hydrogens is 335 g/mol. The summed E-state index contributed by atoms with van der Waals surface area (Å²) in [5, 5.41) is 0.261. The van der Waals surface area contributed by atoms with E-state index in [2.05, 4.69) is 9.72 Å². The van der Waals surface area contributed by atoms with Gasteiger partial charge in [0.05, 0.1) is 7.11 Å². The predicted molar refractivity (Wildman–Crippen MR) is 77.1 cm³/mol. The van der Waals surface area contributed by atoms with Crippen molar-refractivity contribution in [3.05, 3.63) is 46.8 Å². The van der Waals surface area contributed by atoms with Gasteiger partial charge in [-0.2, -0.15) is 0 Å². The number of aromatic nitrogens is 1. The van der Waals surface area contributed by atoms with Crippen LogP contribution in [-0.4, -0.2) is 24.2 Å². The van der Waals surface area contributed by atoms with E-state index >= 15 is 0 Å². The number of ether oxygens (including phenoxy) is 2. The molecule has 0 saturated carbocycles. The molecule has 0 spiro atoms. The minimum absolute atomic E-state index is 0.113. The molecular formula is C15H13ClF3NO3. The van der Waals surface area contributed by atoms with Crippen LogP contribution < -0.4 is 4.74 Å². The number of ketones is 1. The number of pyridine rings is 1. The molecule has 1 aromatic heterocycles. The van der Waals surface area contributed by atoms with E-state index in [0.717, 1.165) is 6.08 Å². The van der Waals surface area contributed by atoms with Crippen LogP contribution in [0.3, 0.4) is 0 Å². The van der Waals surface area contributed by atoms with E-state index in [1.165, 1.54) is 31.4 Å². The number of hydrogen-bond acceptors (Lipinski definition) is 4. The van der Waals surface area contributed by atoms with Crippen molar-refractivity contribution in [1.29, 1.82) is 0 Å². The molecule has 23 heavy (non-hydrogen) atoms. The monoisotopic (exact) mass is 347 g/mol. The van der Waals surface area contributed by atoms with Gasteiger partial charge >= 0.3 is 6.36 Å². The highest BCUT2D eigenvalue weighted by atomic mass is 35.5. The predicted octanol–water partition coefficient (Wildman–Crippen LogP) is 4.17. The van der Waals surface area contributed by atoms with Crippen molar-refractivity contribution in [3.63, 3.8) is 0 Å². The minimum atomic E-state index is -4.77. The first-order chi connectivity index (χ1) is 10.7. The number of rotatable bonds is 4. The van der Waals surface area contributed by atoms with E-state index in [-0.39, 0.29) is 28.1 Å². The Bertz CT molecular complexity index is 670. The molecule has 0 fully saturated rings. The lowest BCUT2D eigenvalue weighted by atomic mass is 9.85. The van der Waals surface area contributed by atoms with Crippen LogP contribution in [0.15, 0.2) is 36.1 Å². The van der Waals surface area contributed by atoms with Crippen molar-refractivity contribution < 1.29 is 27.4 Å². The Morgan fingerprint density at radius 1 is 1.35 bits per heavy atom. The number of carbonyl (C=O) groups is 1. The van der Waals surface area contributed by atoms with Crippen LogP contribution in [-0.2, 0) is 4.74 Å². The number of methoxy groups -OCH3 is 1. The molecule has 0 saturated heterocycles. The van der Waals surface area contributed by atoms with Gasteiger partial charge in [0, 0.05) is 5.92 Å². The van der Waals surface area contributed by atoms with E-state index < -0.39 is 18.2 Å². The topological polar surface area (TPSA) is 48.4 Å². The summed E-state index contributed by atoms with van der Waals surface area (Å²) < 4.78 is 45.4. The molecule has 4 nitrogen and oxygen atoms in total. The van der Waals surface area contributed by atoms with Crippen molar-refractivity contribution in [2.75, 3.05) is 7.11 Å². The Labute approximate surface area is 135 Å². The molecule has 1 aliphatic rings. The Morgan fingerprint density at radius 2 is 2.04 bits per heavy atom. The molecule has 0 aromatic carbocycles. The normalized spacial score (nSPS) is 20.9. The van der Waals surface area contributed by atoms with Crippen LogP contribution >= 0.6 is 11.6 Å². The summed E-state index contributed by atoms with van der Waals surface area (Å²) in [6, 6.07) is 2.92. The zero-order chi connectivity index (χ0) is 17.2. The summed E-state index contributed by atoms with van der Waals surface area (Å²) in [5.74, 6) is -1.69. The largest absolute Gasteiger partial charge is 0.573 e. The second kappa shape index (κ2) is 6.62. The molecule has 2 rings (SSSR count). The number of nitrogens with zero attached hydrogens (tertiary/aromatic N) is 1. The van der Waals surface area contributed by atoms with Crippen LogP contribution in [0.5, 0.6) is 5.88 Å². The van der Waals surface area contributed by atoms with Gasteiger partial charge in [0.15, 0.2) is 5.78 Å². The molecule has 1 heterocycles. The lowest BCUT2D eigenvalue weighted by Crippen LogP contribution is -2.24. The highest BCUT2D eigenvalue weighted by Crippen LogP contribution is 2.31.